The van der Waals surface area contributed by atoms with E-state index in [1.54, 1.807) is 11.1 Å². The molecule has 0 saturated carbocycles. The first-order valence-electron chi connectivity index (χ1n) is 12.6. The molecule has 9 nitrogen and oxygen atoms in total. The Bertz CT molecular complexity index is 1500. The monoisotopic (exact) mass is 555 g/mol. The molecule has 206 valence electrons. The summed E-state index contributed by atoms with van der Waals surface area (Å²) in [5.74, 6) is -1.39. The number of anilines is 4. The fraction of sp³-hybridized carbons (Fsp3) is 0.333. The average Bonchev–Trinajstić information content (AvgIpc) is 3.33. The second kappa shape index (κ2) is 11.1. The molecule has 2 aromatic carbocycles. The summed E-state index contributed by atoms with van der Waals surface area (Å²) in [5, 5.41) is 3.71. The molecule has 0 aliphatic carbocycles. The summed E-state index contributed by atoms with van der Waals surface area (Å²) in [5.41, 5.74) is 2.19. The third-order valence-corrected chi connectivity index (χ3v) is 7.93. The molecule has 1 atom stereocenters. The zero-order chi connectivity index (χ0) is 27.7. The van der Waals surface area contributed by atoms with Crippen molar-refractivity contribution in [1.29, 1.82) is 0 Å². The molecule has 1 fully saturated rings. The van der Waals surface area contributed by atoms with Gasteiger partial charge in [-0.2, -0.15) is 4.98 Å². The summed E-state index contributed by atoms with van der Waals surface area (Å²) in [6.07, 6.45) is 3.50. The van der Waals surface area contributed by atoms with E-state index in [9.17, 15) is 4.21 Å². The Balaban J connectivity index is 1.43. The molecule has 1 unspecified atom stereocenters. The third kappa shape index (κ3) is 5.52. The maximum Gasteiger partial charge on any atom is 0.229 e. The number of ether oxygens (including phenoxy) is 1. The van der Waals surface area contributed by atoms with Crippen molar-refractivity contribution in [1.82, 2.24) is 19.4 Å². The first-order valence-corrected chi connectivity index (χ1v) is 13.8. The van der Waals surface area contributed by atoms with Crippen molar-refractivity contribution < 1.29 is 17.7 Å². The molecule has 4 aromatic rings. The quantitative estimate of drug-likeness (QED) is 0.326. The summed E-state index contributed by atoms with van der Waals surface area (Å²) >= 11 is 0. The van der Waals surface area contributed by atoms with Gasteiger partial charge in [-0.25, -0.2) is 18.0 Å². The van der Waals surface area contributed by atoms with Gasteiger partial charge in [0.2, 0.25) is 5.95 Å². The Kier molecular flexibility index (Phi) is 7.67. The Morgan fingerprint density at radius 1 is 1.08 bits per heavy atom. The number of halogens is 2. The van der Waals surface area contributed by atoms with Crippen LogP contribution in [0.1, 0.15) is 13.8 Å². The Hall–Kier alpha value is -3.77. The lowest BCUT2D eigenvalue weighted by atomic mass is 10.2. The van der Waals surface area contributed by atoms with Crippen molar-refractivity contribution >= 4 is 45.0 Å². The van der Waals surface area contributed by atoms with Crippen LogP contribution in [0.3, 0.4) is 0 Å². The maximum atomic E-state index is 15.5. The fourth-order valence-corrected chi connectivity index (χ4v) is 5.04. The van der Waals surface area contributed by atoms with E-state index in [1.165, 1.54) is 13.2 Å². The molecule has 0 bridgehead atoms. The number of aromatic nitrogens is 3. The van der Waals surface area contributed by atoms with Crippen molar-refractivity contribution in [2.75, 3.05) is 55.3 Å². The molecule has 39 heavy (non-hydrogen) atoms. The third-order valence-electron chi connectivity index (χ3n) is 6.64. The van der Waals surface area contributed by atoms with Crippen LogP contribution >= 0.6 is 0 Å². The molecule has 1 aliphatic heterocycles. The van der Waals surface area contributed by atoms with E-state index < -0.39 is 22.6 Å². The lowest BCUT2D eigenvalue weighted by Crippen LogP contribution is -2.45. The van der Waals surface area contributed by atoms with E-state index >= 15 is 8.78 Å². The van der Waals surface area contributed by atoms with E-state index in [0.29, 0.717) is 31.8 Å². The van der Waals surface area contributed by atoms with Gasteiger partial charge in [-0.15, -0.1) is 0 Å². The van der Waals surface area contributed by atoms with Crippen LogP contribution in [-0.2, 0) is 11.0 Å². The molecule has 2 N–H and O–H groups in total. The molecule has 3 heterocycles. The lowest BCUT2D eigenvalue weighted by molar-refractivity contribution is 0.309. The minimum Gasteiger partial charge on any atom is -0.491 e. The van der Waals surface area contributed by atoms with Gasteiger partial charge in [0.15, 0.2) is 17.4 Å². The highest BCUT2D eigenvalue weighted by atomic mass is 32.2. The second-order valence-corrected chi connectivity index (χ2v) is 11.4. The van der Waals surface area contributed by atoms with Crippen molar-refractivity contribution in [3.05, 3.63) is 60.4 Å². The normalized spacial score (nSPS) is 15.1. The molecule has 12 heteroatoms. The summed E-state index contributed by atoms with van der Waals surface area (Å²) in [4.78, 5) is 12.8. The fourth-order valence-electron chi connectivity index (χ4n) is 4.43. The summed E-state index contributed by atoms with van der Waals surface area (Å²) in [6, 6.07) is 10.6. The van der Waals surface area contributed by atoms with E-state index in [2.05, 4.69) is 24.9 Å². The molecule has 0 spiro atoms. The number of benzene rings is 2. The first kappa shape index (κ1) is 26.8. The van der Waals surface area contributed by atoms with Crippen LogP contribution in [0, 0.1) is 11.6 Å². The standard InChI is InChI=1S/C27H31F2N7O2S/c1-17(2)39(37)33-19-5-7-20(8-6-19)36-10-9-18-16-30-27(32-26(18)36)31-22-15-21(28)24(23(29)25(22)38-4)35-13-11-34(3)12-14-35/h5-10,15-17,33H,11-14H2,1-4H3,(H,30,31,32). The zero-order valence-corrected chi connectivity index (χ0v) is 23.1. The van der Waals surface area contributed by atoms with Gasteiger partial charge in [0.05, 0.1) is 12.8 Å². The molecule has 1 saturated heterocycles. The van der Waals surface area contributed by atoms with Gasteiger partial charge in [-0.3, -0.25) is 0 Å². The molecule has 0 amide bonds. The number of rotatable bonds is 8. The van der Waals surface area contributed by atoms with E-state index in [1.807, 2.05) is 62.0 Å². The number of hydrogen-bond donors (Lipinski definition) is 2. The first-order chi connectivity index (χ1) is 18.7. The van der Waals surface area contributed by atoms with Crippen molar-refractivity contribution in [2.45, 2.75) is 19.1 Å². The highest BCUT2D eigenvalue weighted by Gasteiger charge is 2.26. The molecular weight excluding hydrogens is 524 g/mol. The topological polar surface area (TPSA) is 87.5 Å². The van der Waals surface area contributed by atoms with Crippen molar-refractivity contribution in [3.63, 3.8) is 0 Å². The maximum absolute atomic E-state index is 15.5. The van der Waals surface area contributed by atoms with Crippen LogP contribution < -0.4 is 19.7 Å². The van der Waals surface area contributed by atoms with Crippen molar-refractivity contribution in [2.24, 2.45) is 0 Å². The summed E-state index contributed by atoms with van der Waals surface area (Å²) in [6.45, 7) is 6.23. The number of methoxy groups -OCH3 is 1. The zero-order valence-electron chi connectivity index (χ0n) is 22.2. The van der Waals surface area contributed by atoms with Crippen LogP contribution in [0.15, 0.2) is 48.8 Å². The second-order valence-electron chi connectivity index (χ2n) is 9.67. The average molecular weight is 556 g/mol. The Morgan fingerprint density at radius 2 is 1.79 bits per heavy atom. The summed E-state index contributed by atoms with van der Waals surface area (Å²) in [7, 11) is 2.15. The van der Waals surface area contributed by atoms with Gasteiger partial charge in [0, 0.05) is 66.7 Å². The number of nitrogens with zero attached hydrogens (tertiary/aromatic N) is 5. The Labute approximate surface area is 228 Å². The van der Waals surface area contributed by atoms with Gasteiger partial charge in [0.25, 0.3) is 0 Å². The highest BCUT2D eigenvalue weighted by molar-refractivity contribution is 7.86. The minimum absolute atomic E-state index is 0.00995. The van der Waals surface area contributed by atoms with E-state index in [-0.39, 0.29) is 28.3 Å². The SMILES string of the molecule is COc1c(Nc2ncc3ccn(-c4ccc(NS(=O)C(C)C)cc4)c3n2)cc(F)c(N2CCN(C)CC2)c1F. The van der Waals surface area contributed by atoms with Crippen molar-refractivity contribution in [3.8, 4) is 11.4 Å². The smallest absolute Gasteiger partial charge is 0.229 e. The molecular formula is C27H31F2N7O2S. The molecule has 5 rings (SSSR count). The van der Waals surface area contributed by atoms with Gasteiger partial charge < -0.3 is 29.1 Å². The summed E-state index contributed by atoms with van der Waals surface area (Å²) < 4.78 is 53.0. The van der Waals surface area contributed by atoms with Crippen LogP contribution in [0.25, 0.3) is 16.7 Å². The lowest BCUT2D eigenvalue weighted by Gasteiger charge is -2.34. The number of likely N-dealkylation sites (N-methyl/N-ethyl adjacent to an activating group) is 1. The van der Waals surface area contributed by atoms with Crippen LogP contribution in [0.2, 0.25) is 0 Å². The predicted octanol–water partition coefficient (Wildman–Crippen LogP) is 4.69. The van der Waals surface area contributed by atoms with Crippen LogP contribution in [-0.4, -0.2) is 69.2 Å². The highest BCUT2D eigenvalue weighted by Crippen LogP contribution is 2.38. The number of piperazine rings is 1. The molecule has 2 aromatic heterocycles. The van der Waals surface area contributed by atoms with Crippen LogP contribution in [0.4, 0.5) is 31.8 Å². The molecule has 0 radical (unpaired) electrons. The minimum atomic E-state index is -1.18. The van der Waals surface area contributed by atoms with Gasteiger partial charge >= 0.3 is 0 Å². The van der Waals surface area contributed by atoms with E-state index in [4.69, 9.17) is 4.74 Å². The van der Waals surface area contributed by atoms with E-state index in [0.717, 1.165) is 16.8 Å². The Morgan fingerprint density at radius 3 is 2.46 bits per heavy atom. The number of fused-ring (bicyclic) bond motifs is 1. The largest absolute Gasteiger partial charge is 0.491 e. The molecule has 1 aliphatic rings. The van der Waals surface area contributed by atoms with Gasteiger partial charge in [-0.05, 0) is 51.2 Å². The number of nitrogens with one attached hydrogen (secondary N) is 2. The van der Waals surface area contributed by atoms with Gasteiger partial charge in [0.1, 0.15) is 22.3 Å². The van der Waals surface area contributed by atoms with Gasteiger partial charge in [-0.1, -0.05) is 0 Å². The predicted molar refractivity (Wildman–Crippen MR) is 152 cm³/mol. The number of hydrogen-bond acceptors (Lipinski definition) is 7. The van der Waals surface area contributed by atoms with Crippen LogP contribution in [0.5, 0.6) is 5.75 Å².